The second-order valence-electron chi connectivity index (χ2n) is 8.37. The van der Waals surface area contributed by atoms with Crippen LogP contribution in [0.2, 0.25) is 0 Å². The van der Waals surface area contributed by atoms with Gasteiger partial charge in [-0.1, -0.05) is 66.7 Å². The molecule has 0 bridgehead atoms. The molecule has 4 aromatic rings. The van der Waals surface area contributed by atoms with Gasteiger partial charge >= 0.3 is 0 Å². The zero-order valence-corrected chi connectivity index (χ0v) is 19.6. The molecule has 0 saturated heterocycles. The summed E-state index contributed by atoms with van der Waals surface area (Å²) in [7, 11) is 0. The van der Waals surface area contributed by atoms with E-state index in [-0.39, 0.29) is 5.56 Å². The molecule has 158 valence electrons. The molecule has 0 amide bonds. The van der Waals surface area contributed by atoms with Gasteiger partial charge in [-0.3, -0.25) is 9.36 Å². The summed E-state index contributed by atoms with van der Waals surface area (Å²) >= 11 is 3.41. The number of benzene rings is 2. The average Bonchev–Trinajstić information content (AvgIpc) is 3.16. The molecule has 2 aromatic carbocycles. The van der Waals surface area contributed by atoms with Crippen LogP contribution in [-0.2, 0) is 12.8 Å². The Hall–Kier alpha value is -2.37. The zero-order valence-electron chi connectivity index (χ0n) is 17.9. The van der Waals surface area contributed by atoms with Gasteiger partial charge < -0.3 is 0 Å². The van der Waals surface area contributed by atoms with E-state index in [2.05, 4.69) is 50.2 Å². The monoisotopic (exact) mass is 446 g/mol. The number of hydrogen-bond acceptors (Lipinski definition) is 4. The highest BCUT2D eigenvalue weighted by Gasteiger charge is 2.26. The molecule has 5 rings (SSSR count). The third kappa shape index (κ3) is 3.97. The van der Waals surface area contributed by atoms with E-state index in [1.807, 2.05) is 22.8 Å². The SMILES string of the molecule is Cc1ccc(-n2c(SCCc3ccccc3)nc3sc4c(c3c2=O)C(C)CCC4)cc1. The maximum atomic E-state index is 13.9. The lowest BCUT2D eigenvalue weighted by Gasteiger charge is -2.19. The van der Waals surface area contributed by atoms with Crippen LogP contribution in [0.5, 0.6) is 0 Å². The molecule has 0 aliphatic heterocycles. The summed E-state index contributed by atoms with van der Waals surface area (Å²) in [5.41, 5.74) is 4.73. The van der Waals surface area contributed by atoms with Gasteiger partial charge in [0.2, 0.25) is 0 Å². The zero-order chi connectivity index (χ0) is 21.4. The van der Waals surface area contributed by atoms with Crippen molar-refractivity contribution in [3.63, 3.8) is 0 Å². The smallest absolute Gasteiger partial charge is 0.267 e. The van der Waals surface area contributed by atoms with Crippen molar-refractivity contribution >= 4 is 33.3 Å². The molecule has 1 aliphatic rings. The van der Waals surface area contributed by atoms with E-state index in [9.17, 15) is 4.79 Å². The molecule has 0 saturated carbocycles. The fourth-order valence-corrected chi connectivity index (χ4v) is 6.82. The first-order valence-electron chi connectivity index (χ1n) is 10.9. The molecular formula is C26H26N2OS2. The van der Waals surface area contributed by atoms with Gasteiger partial charge in [0.1, 0.15) is 4.83 Å². The highest BCUT2D eigenvalue weighted by Crippen LogP contribution is 2.41. The summed E-state index contributed by atoms with van der Waals surface area (Å²) in [4.78, 5) is 21.2. The molecule has 0 fully saturated rings. The predicted molar refractivity (Wildman–Crippen MR) is 132 cm³/mol. The molecule has 1 atom stereocenters. The minimum Gasteiger partial charge on any atom is -0.268 e. The molecule has 2 aromatic heterocycles. The van der Waals surface area contributed by atoms with E-state index in [4.69, 9.17) is 4.98 Å². The fraction of sp³-hybridized carbons (Fsp3) is 0.308. The van der Waals surface area contributed by atoms with Gasteiger partial charge in [0.05, 0.1) is 11.1 Å². The van der Waals surface area contributed by atoms with E-state index in [1.165, 1.54) is 28.0 Å². The minimum atomic E-state index is 0.0855. The molecule has 5 heteroatoms. The quantitative estimate of drug-likeness (QED) is 0.258. The topological polar surface area (TPSA) is 34.9 Å². The van der Waals surface area contributed by atoms with Crippen LogP contribution >= 0.6 is 23.1 Å². The molecule has 0 N–H and O–H groups in total. The molecule has 3 nitrogen and oxygen atoms in total. The molecule has 1 aliphatic carbocycles. The van der Waals surface area contributed by atoms with Gasteiger partial charge in [0.25, 0.3) is 5.56 Å². The van der Waals surface area contributed by atoms with E-state index < -0.39 is 0 Å². The Balaban J connectivity index is 1.61. The van der Waals surface area contributed by atoms with Crippen molar-refractivity contribution < 1.29 is 0 Å². The van der Waals surface area contributed by atoms with Gasteiger partial charge in [0.15, 0.2) is 5.16 Å². The van der Waals surface area contributed by atoms with Gasteiger partial charge in [-0.25, -0.2) is 4.98 Å². The summed E-state index contributed by atoms with van der Waals surface area (Å²) in [5.74, 6) is 1.31. The van der Waals surface area contributed by atoms with Crippen LogP contribution in [0.25, 0.3) is 15.9 Å². The molecular weight excluding hydrogens is 420 g/mol. The lowest BCUT2D eigenvalue weighted by atomic mass is 9.88. The highest BCUT2D eigenvalue weighted by molar-refractivity contribution is 7.99. The largest absolute Gasteiger partial charge is 0.268 e. The lowest BCUT2D eigenvalue weighted by molar-refractivity contribution is 0.601. The third-order valence-electron chi connectivity index (χ3n) is 6.10. The van der Waals surface area contributed by atoms with Gasteiger partial charge in [-0.15, -0.1) is 11.3 Å². The Morgan fingerprint density at radius 3 is 2.68 bits per heavy atom. The Morgan fingerprint density at radius 1 is 1.13 bits per heavy atom. The van der Waals surface area contributed by atoms with Crippen LogP contribution in [0, 0.1) is 6.92 Å². The standard InChI is InChI=1S/C26H26N2OS2/c1-17-11-13-20(14-12-17)28-25(29)23-22-18(2)7-6-10-21(22)31-24(23)27-26(28)30-16-15-19-8-4-3-5-9-19/h3-5,8-9,11-14,18H,6-7,10,15-16H2,1-2H3. The average molecular weight is 447 g/mol. The second-order valence-corrected chi connectivity index (χ2v) is 10.5. The summed E-state index contributed by atoms with van der Waals surface area (Å²) in [6, 6.07) is 18.7. The summed E-state index contributed by atoms with van der Waals surface area (Å²) < 4.78 is 1.84. The Kier molecular flexibility index (Phi) is 5.72. The number of aryl methyl sites for hydroxylation is 3. The predicted octanol–water partition coefficient (Wildman–Crippen LogP) is 6.53. The Labute approximate surface area is 191 Å². The molecule has 1 unspecified atom stereocenters. The van der Waals surface area contributed by atoms with Crippen LogP contribution in [0.4, 0.5) is 0 Å². The van der Waals surface area contributed by atoms with E-state index in [0.29, 0.717) is 5.92 Å². The highest BCUT2D eigenvalue weighted by atomic mass is 32.2. The molecule has 0 radical (unpaired) electrons. The Morgan fingerprint density at radius 2 is 1.90 bits per heavy atom. The normalized spacial score (nSPS) is 15.9. The van der Waals surface area contributed by atoms with Gasteiger partial charge in [0, 0.05) is 10.6 Å². The number of fused-ring (bicyclic) bond motifs is 3. The molecule has 2 heterocycles. The maximum absolute atomic E-state index is 13.9. The first-order valence-corrected chi connectivity index (χ1v) is 12.7. The summed E-state index contributed by atoms with van der Waals surface area (Å²) in [6.45, 7) is 4.32. The minimum absolute atomic E-state index is 0.0855. The number of thioether (sulfide) groups is 1. The molecule has 31 heavy (non-hydrogen) atoms. The van der Waals surface area contributed by atoms with Crippen molar-refractivity contribution in [2.45, 2.75) is 50.6 Å². The Bertz CT molecular complexity index is 1270. The first kappa shape index (κ1) is 20.5. The van der Waals surface area contributed by atoms with Gasteiger partial charge in [-0.2, -0.15) is 0 Å². The number of hydrogen-bond donors (Lipinski definition) is 0. The molecule has 0 spiro atoms. The van der Waals surface area contributed by atoms with Crippen LogP contribution in [-0.4, -0.2) is 15.3 Å². The number of rotatable bonds is 5. The van der Waals surface area contributed by atoms with Crippen molar-refractivity contribution in [3.8, 4) is 5.69 Å². The maximum Gasteiger partial charge on any atom is 0.267 e. The number of aromatic nitrogens is 2. The third-order valence-corrected chi connectivity index (χ3v) is 8.20. The van der Waals surface area contributed by atoms with Crippen LogP contribution < -0.4 is 5.56 Å². The number of nitrogens with zero attached hydrogens (tertiary/aromatic N) is 2. The summed E-state index contributed by atoms with van der Waals surface area (Å²) in [6.07, 6.45) is 4.37. The van der Waals surface area contributed by atoms with Crippen molar-refractivity contribution in [3.05, 3.63) is 86.5 Å². The van der Waals surface area contributed by atoms with Crippen LogP contribution in [0.3, 0.4) is 0 Å². The number of thiophene rings is 1. The van der Waals surface area contributed by atoms with Crippen molar-refractivity contribution in [1.29, 1.82) is 0 Å². The van der Waals surface area contributed by atoms with Crippen molar-refractivity contribution in [2.24, 2.45) is 0 Å². The fourth-order valence-electron chi connectivity index (χ4n) is 4.44. The van der Waals surface area contributed by atoms with E-state index >= 15 is 0 Å². The van der Waals surface area contributed by atoms with Crippen LogP contribution in [0.1, 0.15) is 47.3 Å². The second kappa shape index (κ2) is 8.64. The summed E-state index contributed by atoms with van der Waals surface area (Å²) in [5, 5.41) is 1.64. The van der Waals surface area contributed by atoms with E-state index in [1.54, 1.807) is 23.1 Å². The first-order chi connectivity index (χ1) is 15.1. The van der Waals surface area contributed by atoms with Crippen molar-refractivity contribution in [2.75, 3.05) is 5.75 Å². The van der Waals surface area contributed by atoms with Crippen molar-refractivity contribution in [1.82, 2.24) is 9.55 Å². The van der Waals surface area contributed by atoms with Crippen LogP contribution in [0.15, 0.2) is 64.5 Å². The van der Waals surface area contributed by atoms with E-state index in [0.717, 1.165) is 46.1 Å². The lowest BCUT2D eigenvalue weighted by Crippen LogP contribution is -2.22. The van der Waals surface area contributed by atoms with Gasteiger partial charge in [-0.05, 0) is 61.8 Å².